The molecule has 4 aliphatic heterocycles. The first-order valence-electron chi connectivity index (χ1n) is 47.8. The van der Waals surface area contributed by atoms with E-state index in [0.29, 0.717) is 65.8 Å². The fourth-order valence-electron chi connectivity index (χ4n) is 13.7. The summed E-state index contributed by atoms with van der Waals surface area (Å²) in [7, 11) is 3.31. The molecule has 126 heavy (non-hydrogen) atoms. The van der Waals surface area contributed by atoms with Crippen molar-refractivity contribution in [1.29, 1.82) is 0 Å². The minimum atomic E-state index is -0.529. The highest BCUT2D eigenvalue weighted by molar-refractivity contribution is 5.85. The van der Waals surface area contributed by atoms with E-state index in [1.807, 2.05) is 282 Å². The van der Waals surface area contributed by atoms with E-state index >= 15 is 0 Å². The van der Waals surface area contributed by atoms with Crippen molar-refractivity contribution in [3.05, 3.63) is 0 Å². The number of aliphatic hydroxyl groups is 1. The van der Waals surface area contributed by atoms with Gasteiger partial charge in [-0.1, -0.05) is 41.5 Å². The summed E-state index contributed by atoms with van der Waals surface area (Å²) in [6.07, 6.45) is -4.58. The van der Waals surface area contributed by atoms with Crippen molar-refractivity contribution >= 4 is 17.3 Å². The Kier molecular flexibility index (Phi) is 65.3. The molecule has 8 unspecified atom stereocenters. The average Bonchev–Trinajstić information content (AvgIpc) is 0.976. The highest BCUT2D eigenvalue weighted by Gasteiger charge is 2.54. The molecular formula is C97H192N2O27. The van der Waals surface area contributed by atoms with Crippen LogP contribution in [0.4, 0.5) is 0 Å². The van der Waals surface area contributed by atoms with Gasteiger partial charge in [0.1, 0.15) is 103 Å². The van der Waals surface area contributed by atoms with Gasteiger partial charge in [0.2, 0.25) is 0 Å². The predicted molar refractivity (Wildman–Crippen MR) is 494 cm³/mol. The summed E-state index contributed by atoms with van der Waals surface area (Å²) in [4.78, 5) is 40.7. The summed E-state index contributed by atoms with van der Waals surface area (Å²) in [5.74, 6) is 0.103. The zero-order valence-corrected chi connectivity index (χ0v) is 87.2. The topological polar surface area (TPSA) is 290 Å². The molecule has 4 saturated heterocycles. The second-order valence-electron chi connectivity index (χ2n) is 39.1. The maximum atomic E-state index is 12.2. The maximum Gasteiger partial charge on any atom is 0.187 e. The van der Waals surface area contributed by atoms with Crippen LogP contribution in [0.3, 0.4) is 0 Å². The number of nitrogens with zero attached hydrogens (tertiary/aromatic N) is 2. The zero-order chi connectivity index (χ0) is 96.9. The molecule has 0 aliphatic carbocycles. The normalized spacial score (nSPS) is 25.9. The molecule has 29 nitrogen and oxygen atoms in total. The van der Waals surface area contributed by atoms with Gasteiger partial charge in [0.15, 0.2) is 18.9 Å². The number of ether oxygens (including phenoxy) is 23. The first-order chi connectivity index (χ1) is 58.6. The van der Waals surface area contributed by atoms with Gasteiger partial charge in [0, 0.05) is 57.5 Å². The van der Waals surface area contributed by atoms with E-state index in [2.05, 4.69) is 4.90 Å². The summed E-state index contributed by atoms with van der Waals surface area (Å²) < 4.78 is 138. The Labute approximate surface area is 766 Å². The van der Waals surface area contributed by atoms with Crippen LogP contribution >= 0.6 is 0 Å². The summed E-state index contributed by atoms with van der Waals surface area (Å²) in [5, 5.41) is 9.89. The van der Waals surface area contributed by atoms with Crippen LogP contribution in [0.2, 0.25) is 0 Å². The lowest BCUT2D eigenvalue weighted by Gasteiger charge is -2.47. The van der Waals surface area contributed by atoms with Crippen molar-refractivity contribution in [2.24, 2.45) is 23.7 Å². The first-order valence-corrected chi connectivity index (χ1v) is 47.8. The number of aliphatic hydroxyl groups excluding tert-OH is 1. The third-order valence-corrected chi connectivity index (χ3v) is 19.3. The van der Waals surface area contributed by atoms with E-state index < -0.39 is 18.9 Å². The van der Waals surface area contributed by atoms with Crippen molar-refractivity contribution in [3.63, 3.8) is 0 Å². The van der Waals surface area contributed by atoms with Crippen molar-refractivity contribution in [2.75, 3.05) is 99.7 Å². The van der Waals surface area contributed by atoms with E-state index in [1.54, 1.807) is 14.2 Å². The van der Waals surface area contributed by atoms with Gasteiger partial charge in [0.25, 0.3) is 0 Å². The standard InChI is InChI=1S/C22H42N2O4.3C19H38O6.C18H36O5/c1-16(2)20(25)13-23(11-12-28-19(7)8)9-10-24(14-21(26)17(3)4)15-22(27)18(5)6;1-11(2)21-10-15-16(22-12(3)4)17(23-13(5)6)18(20-9)19(25-15)24-14(7)8;1-11(2)21-16-15(10-20-9)25-19(24-14(7)8)18(23-13(5)6)17(16)22-12(3)4;1-11(2)21-10-15(9-20)16-17(22-12(3)4)18(23-13(5)6)19(25-16)24-14(7)8;1-11(2)19-9-15-17(21-13(5)6)18(22-14(7)8)16(23-15)10-20-12(3)4/h16-19H,9-15H2,1-8H3;2*11-19H,10H2,1-9H3;11-20H,9-10H2,1-8H3;11-18H,9-10H2,1-8H3/t;2*15?,16-,17+,18?,19-;15-,16-,17+,18+,19+;/m.111./s1. The lowest BCUT2D eigenvalue weighted by atomic mass is 9.97. The summed E-state index contributed by atoms with van der Waals surface area (Å²) in [6.45, 7) is 84.8. The molecule has 0 aromatic rings. The van der Waals surface area contributed by atoms with Gasteiger partial charge >= 0.3 is 0 Å². The van der Waals surface area contributed by atoms with Crippen LogP contribution in [0.1, 0.15) is 277 Å². The average molecular weight is 1820 g/mol. The zero-order valence-electron chi connectivity index (χ0n) is 87.2. The molecule has 752 valence electrons. The number of hydrogen-bond donors (Lipinski definition) is 1. The molecule has 4 aliphatic rings. The van der Waals surface area contributed by atoms with Crippen molar-refractivity contribution < 1.29 is 128 Å². The number of rotatable bonds is 57. The molecule has 0 amide bonds. The molecule has 0 aromatic carbocycles. The van der Waals surface area contributed by atoms with Gasteiger partial charge in [-0.05, 0) is 235 Å². The van der Waals surface area contributed by atoms with E-state index in [4.69, 9.17) is 109 Å². The Hall–Kier alpha value is -2.03. The second kappa shape index (κ2) is 66.4. The van der Waals surface area contributed by atoms with E-state index in [9.17, 15) is 19.5 Å². The van der Waals surface area contributed by atoms with Crippen molar-refractivity contribution in [1.82, 2.24) is 9.80 Å². The molecule has 0 bridgehead atoms. The van der Waals surface area contributed by atoms with Crippen LogP contribution in [-0.2, 0) is 123 Å². The van der Waals surface area contributed by atoms with E-state index in [-0.39, 0.29) is 256 Å². The Bertz CT molecular complexity index is 2630. The van der Waals surface area contributed by atoms with Crippen LogP contribution in [0.25, 0.3) is 0 Å². The van der Waals surface area contributed by atoms with Crippen LogP contribution in [0, 0.1) is 23.7 Å². The van der Waals surface area contributed by atoms with Gasteiger partial charge in [-0.3, -0.25) is 24.2 Å². The SMILES string of the molecule is CC(C)OCC1OC(COC(C)C)C(OC(C)C)C1OC(C)C.CC(C)OCCN(CCN(CC(=O)C(C)C)CC(=O)C(C)C)CC(=O)C(C)C.CC(C)OC[C@@H](CO)[C@H]1O[C@H](OC(C)C)[C@@H](OC(C)C)[C@H]1OC(C)C.COC1[C@H](OC(C)C)OC(COC(C)C)[C@@H](OC(C)C)[C@@H]1OC(C)C.COCC1O[C@@H](OC(C)C)C(OC(C)C)[C@@H](OC(C)C)[C@@H]1OC(C)C. The van der Waals surface area contributed by atoms with Gasteiger partial charge in [-0.25, -0.2) is 0 Å². The molecular weight excluding hydrogens is 1630 g/mol. The van der Waals surface area contributed by atoms with Gasteiger partial charge in [0.05, 0.1) is 176 Å². The summed E-state index contributed by atoms with van der Waals surface area (Å²) in [6, 6.07) is 0. The number of ketones is 3. The van der Waals surface area contributed by atoms with Gasteiger partial charge < -0.3 is 114 Å². The first kappa shape index (κ1) is 124. The number of methoxy groups -OCH3 is 2. The third-order valence-electron chi connectivity index (χ3n) is 19.3. The second-order valence-corrected chi connectivity index (χ2v) is 39.1. The minimum Gasteiger partial charge on any atom is -0.396 e. The number of hydrogen-bond acceptors (Lipinski definition) is 29. The third kappa shape index (κ3) is 52.7. The van der Waals surface area contributed by atoms with Crippen molar-refractivity contribution in [3.8, 4) is 0 Å². The molecule has 29 heteroatoms. The Morgan fingerprint density at radius 1 is 0.270 bits per heavy atom. The molecule has 4 fully saturated rings. The molecule has 0 radical (unpaired) electrons. The summed E-state index contributed by atoms with van der Waals surface area (Å²) in [5.41, 5.74) is 0. The predicted octanol–water partition coefficient (Wildman–Crippen LogP) is 15.0. The maximum absolute atomic E-state index is 12.2. The lowest BCUT2D eigenvalue weighted by Crippen LogP contribution is -2.63. The minimum absolute atomic E-state index is 0.00111. The van der Waals surface area contributed by atoms with Crippen LogP contribution < -0.4 is 0 Å². The highest BCUT2D eigenvalue weighted by atomic mass is 16.8. The number of Topliss-reactive ketones (excluding diaryl/α,β-unsaturated/α-hetero) is 3. The van der Waals surface area contributed by atoms with Gasteiger partial charge in [-0.15, -0.1) is 0 Å². The molecule has 0 saturated carbocycles. The summed E-state index contributed by atoms with van der Waals surface area (Å²) >= 11 is 0. The number of carbonyl (C=O) groups is 3. The van der Waals surface area contributed by atoms with Crippen LogP contribution in [0.5, 0.6) is 0 Å². The fourth-order valence-corrected chi connectivity index (χ4v) is 13.7. The monoisotopic (exact) mass is 1820 g/mol. The molecule has 19 atom stereocenters. The molecule has 4 heterocycles. The van der Waals surface area contributed by atoms with Crippen LogP contribution in [0.15, 0.2) is 0 Å². The molecule has 0 spiro atoms. The Morgan fingerprint density at radius 3 is 0.841 bits per heavy atom. The quantitative estimate of drug-likeness (QED) is 0.0592. The van der Waals surface area contributed by atoms with Crippen molar-refractivity contribution in [2.45, 2.75) is 491 Å². The van der Waals surface area contributed by atoms with Gasteiger partial charge in [-0.2, -0.15) is 0 Å². The number of carbonyl (C=O) groups excluding carboxylic acids is 3. The van der Waals surface area contributed by atoms with E-state index in [1.165, 1.54) is 0 Å². The van der Waals surface area contributed by atoms with Crippen LogP contribution in [-0.4, -0.2) is 346 Å². The smallest absolute Gasteiger partial charge is 0.187 e. The largest absolute Gasteiger partial charge is 0.396 e. The molecule has 1 N–H and O–H groups in total. The fraction of sp³-hybridized carbons (Fsp3) is 0.969. The molecule has 4 rings (SSSR count). The molecule has 0 aromatic heterocycles. The Morgan fingerprint density at radius 2 is 0.532 bits per heavy atom. The van der Waals surface area contributed by atoms with E-state index in [0.717, 1.165) is 0 Å². The Balaban J connectivity index is 0.00000155. The lowest BCUT2D eigenvalue weighted by molar-refractivity contribution is -0.339. The highest BCUT2D eigenvalue weighted by Crippen LogP contribution is 2.37.